The lowest BCUT2D eigenvalue weighted by atomic mass is 9.92. The zero-order chi connectivity index (χ0) is 23.9. The summed E-state index contributed by atoms with van der Waals surface area (Å²) in [7, 11) is 0. The molecule has 8 nitrogen and oxygen atoms in total. The first-order valence-corrected chi connectivity index (χ1v) is 11.7. The van der Waals surface area contributed by atoms with Gasteiger partial charge >= 0.3 is 12.1 Å². The number of carbonyl (C=O) groups is 3. The molecule has 0 radical (unpaired) electrons. The average Bonchev–Trinajstić information content (AvgIpc) is 3.61. The molecule has 1 aliphatic heterocycles. The molecular weight excluding hydrogens is 436 g/mol. The molecule has 178 valence electrons. The van der Waals surface area contributed by atoms with Crippen LogP contribution in [0.2, 0.25) is 0 Å². The Bertz CT molecular complexity index is 1080. The molecule has 3 aliphatic rings. The average molecular weight is 465 g/mol. The van der Waals surface area contributed by atoms with Crippen LogP contribution in [0.1, 0.15) is 36.3 Å². The van der Waals surface area contributed by atoms with Crippen molar-refractivity contribution in [2.75, 3.05) is 26.2 Å². The molecule has 0 aromatic heterocycles. The normalized spacial score (nSPS) is 18.9. The number of aliphatic carboxylic acids is 1. The zero-order valence-electron chi connectivity index (χ0n) is 18.8. The summed E-state index contributed by atoms with van der Waals surface area (Å²) in [5.74, 6) is -1.20. The van der Waals surface area contributed by atoms with Gasteiger partial charge in [0, 0.05) is 18.9 Å². The number of hydrogen-bond acceptors (Lipinski definition) is 5. The SMILES string of the molecule is O=C(NCC(CC(=O)N1CC(O)(C(=O)O)C1)C1CC1)OCC1c2ccccc2-c2ccccc21. The van der Waals surface area contributed by atoms with Crippen LogP contribution in [0, 0.1) is 11.8 Å². The van der Waals surface area contributed by atoms with Crippen LogP contribution in [-0.4, -0.2) is 64.9 Å². The maximum atomic E-state index is 12.5. The monoisotopic (exact) mass is 464 g/mol. The second kappa shape index (κ2) is 8.76. The number of aliphatic hydroxyl groups is 1. The molecule has 8 heteroatoms. The molecule has 2 amide bonds. The predicted octanol–water partition coefficient (Wildman–Crippen LogP) is 2.60. The van der Waals surface area contributed by atoms with Gasteiger partial charge in [-0.25, -0.2) is 9.59 Å². The standard InChI is InChI=1S/C26H28N2O6/c29-23(28-14-26(33,15-28)24(30)31)11-17(16-9-10-16)12-27-25(32)34-13-22-20-7-3-1-5-18(20)19-6-2-4-8-21(19)22/h1-8,16-17,22,33H,9-15H2,(H,27,32)(H,30,31). The third-order valence-corrected chi connectivity index (χ3v) is 7.23. The number of ether oxygens (including phenoxy) is 1. The Morgan fingerprint density at radius 3 is 2.18 bits per heavy atom. The number of fused-ring (bicyclic) bond motifs is 3. The Morgan fingerprint density at radius 1 is 1.03 bits per heavy atom. The van der Waals surface area contributed by atoms with E-state index in [-0.39, 0.29) is 43.9 Å². The molecule has 2 fully saturated rings. The van der Waals surface area contributed by atoms with E-state index in [4.69, 9.17) is 9.84 Å². The number of β-amino-alcohol motifs (C(OH)–C–C–N with tert-alkyl or cyclic N) is 1. The van der Waals surface area contributed by atoms with Gasteiger partial charge in [0.15, 0.2) is 5.60 Å². The van der Waals surface area contributed by atoms with Gasteiger partial charge in [-0.2, -0.15) is 0 Å². The lowest BCUT2D eigenvalue weighted by molar-refractivity contribution is -0.182. The maximum absolute atomic E-state index is 12.5. The van der Waals surface area contributed by atoms with Gasteiger partial charge in [-0.15, -0.1) is 0 Å². The van der Waals surface area contributed by atoms with Crippen LogP contribution in [-0.2, 0) is 14.3 Å². The summed E-state index contributed by atoms with van der Waals surface area (Å²) in [6.45, 7) is 0.162. The van der Waals surface area contributed by atoms with Crippen molar-refractivity contribution in [1.82, 2.24) is 10.2 Å². The summed E-state index contributed by atoms with van der Waals surface area (Å²) in [6.07, 6.45) is 1.71. The third-order valence-electron chi connectivity index (χ3n) is 7.23. The fourth-order valence-electron chi connectivity index (χ4n) is 5.09. The molecule has 1 saturated carbocycles. The van der Waals surface area contributed by atoms with Crippen LogP contribution in [0.5, 0.6) is 0 Å². The summed E-state index contributed by atoms with van der Waals surface area (Å²) < 4.78 is 5.58. The number of carboxylic acid groups (broad SMARTS) is 1. The fraction of sp³-hybridized carbons (Fsp3) is 0.423. The van der Waals surface area contributed by atoms with Crippen molar-refractivity contribution in [3.05, 3.63) is 59.7 Å². The van der Waals surface area contributed by atoms with Crippen molar-refractivity contribution in [3.8, 4) is 11.1 Å². The summed E-state index contributed by atoms with van der Waals surface area (Å²) in [5, 5.41) is 21.7. The first kappa shape index (κ1) is 22.4. The molecule has 1 saturated heterocycles. The molecule has 1 heterocycles. The van der Waals surface area contributed by atoms with Gasteiger partial charge in [0.2, 0.25) is 5.91 Å². The van der Waals surface area contributed by atoms with E-state index in [1.807, 2.05) is 24.3 Å². The van der Waals surface area contributed by atoms with Crippen molar-refractivity contribution in [2.45, 2.75) is 30.8 Å². The molecule has 34 heavy (non-hydrogen) atoms. The molecular formula is C26H28N2O6. The third kappa shape index (κ3) is 4.25. The van der Waals surface area contributed by atoms with Gasteiger partial charge in [-0.05, 0) is 46.9 Å². The van der Waals surface area contributed by atoms with Crippen LogP contribution in [0.4, 0.5) is 4.79 Å². The maximum Gasteiger partial charge on any atom is 0.407 e. The van der Waals surface area contributed by atoms with E-state index >= 15 is 0 Å². The van der Waals surface area contributed by atoms with Crippen molar-refractivity contribution >= 4 is 18.0 Å². The second-order valence-electron chi connectivity index (χ2n) is 9.59. The number of nitrogens with zero attached hydrogens (tertiary/aromatic N) is 1. The molecule has 2 aliphatic carbocycles. The first-order chi connectivity index (χ1) is 16.4. The van der Waals surface area contributed by atoms with Gasteiger partial charge in [0.25, 0.3) is 0 Å². The van der Waals surface area contributed by atoms with Gasteiger partial charge in [-0.1, -0.05) is 48.5 Å². The minimum atomic E-state index is -1.84. The number of amides is 2. The number of carboxylic acids is 1. The molecule has 2 aromatic carbocycles. The molecule has 3 N–H and O–H groups in total. The van der Waals surface area contributed by atoms with Gasteiger partial charge in [-0.3, -0.25) is 4.79 Å². The van der Waals surface area contributed by atoms with Gasteiger partial charge in [0.05, 0.1) is 13.1 Å². The van der Waals surface area contributed by atoms with E-state index in [0.29, 0.717) is 12.5 Å². The summed E-state index contributed by atoms with van der Waals surface area (Å²) in [5.41, 5.74) is 2.78. The van der Waals surface area contributed by atoms with Crippen molar-refractivity contribution in [3.63, 3.8) is 0 Å². The summed E-state index contributed by atoms with van der Waals surface area (Å²) in [6, 6.07) is 16.3. The number of benzene rings is 2. The highest BCUT2D eigenvalue weighted by atomic mass is 16.5. The number of nitrogens with one attached hydrogen (secondary N) is 1. The van der Waals surface area contributed by atoms with Crippen LogP contribution < -0.4 is 5.32 Å². The molecule has 1 unspecified atom stereocenters. The van der Waals surface area contributed by atoms with Crippen LogP contribution in [0.15, 0.2) is 48.5 Å². The van der Waals surface area contributed by atoms with Crippen LogP contribution in [0.3, 0.4) is 0 Å². The number of alkyl carbamates (subject to hydrolysis) is 1. The van der Waals surface area contributed by atoms with Crippen LogP contribution in [0.25, 0.3) is 11.1 Å². The van der Waals surface area contributed by atoms with E-state index in [9.17, 15) is 19.5 Å². The highest BCUT2D eigenvalue weighted by Crippen LogP contribution is 2.44. The van der Waals surface area contributed by atoms with Crippen molar-refractivity contribution < 1.29 is 29.3 Å². The van der Waals surface area contributed by atoms with E-state index in [1.54, 1.807) is 0 Å². The fourth-order valence-corrected chi connectivity index (χ4v) is 5.09. The lowest BCUT2D eigenvalue weighted by Crippen LogP contribution is -2.67. The Hall–Kier alpha value is -3.39. The first-order valence-electron chi connectivity index (χ1n) is 11.7. The van der Waals surface area contributed by atoms with E-state index in [2.05, 4.69) is 29.6 Å². The van der Waals surface area contributed by atoms with Crippen LogP contribution >= 0.6 is 0 Å². The minimum absolute atomic E-state index is 0.0154. The zero-order valence-corrected chi connectivity index (χ0v) is 18.8. The topological polar surface area (TPSA) is 116 Å². The highest BCUT2D eigenvalue weighted by Gasteiger charge is 2.50. The van der Waals surface area contributed by atoms with E-state index < -0.39 is 17.7 Å². The Labute approximate surface area is 197 Å². The number of likely N-dealkylation sites (tertiary alicyclic amines) is 1. The Morgan fingerprint density at radius 2 is 1.62 bits per heavy atom. The van der Waals surface area contributed by atoms with Gasteiger partial charge < -0.3 is 25.2 Å². The van der Waals surface area contributed by atoms with Gasteiger partial charge in [0.1, 0.15) is 6.61 Å². The smallest absolute Gasteiger partial charge is 0.407 e. The quantitative estimate of drug-likeness (QED) is 0.553. The highest BCUT2D eigenvalue weighted by molar-refractivity contribution is 5.85. The predicted molar refractivity (Wildman–Crippen MR) is 123 cm³/mol. The summed E-state index contributed by atoms with van der Waals surface area (Å²) >= 11 is 0. The molecule has 0 spiro atoms. The minimum Gasteiger partial charge on any atom is -0.479 e. The lowest BCUT2D eigenvalue weighted by Gasteiger charge is -2.43. The Balaban J connectivity index is 1.13. The Kier molecular flexibility index (Phi) is 5.77. The summed E-state index contributed by atoms with van der Waals surface area (Å²) in [4.78, 5) is 37.4. The second-order valence-corrected chi connectivity index (χ2v) is 9.59. The number of hydrogen-bond donors (Lipinski definition) is 3. The molecule has 0 bridgehead atoms. The van der Waals surface area contributed by atoms with Crippen molar-refractivity contribution in [2.24, 2.45) is 11.8 Å². The van der Waals surface area contributed by atoms with E-state index in [1.165, 1.54) is 16.0 Å². The molecule has 5 rings (SSSR count). The number of carbonyl (C=O) groups excluding carboxylic acids is 2. The molecule has 1 atom stereocenters. The number of rotatable bonds is 8. The molecule has 2 aromatic rings. The van der Waals surface area contributed by atoms with E-state index in [0.717, 1.165) is 24.0 Å². The largest absolute Gasteiger partial charge is 0.479 e. The van der Waals surface area contributed by atoms with Crippen molar-refractivity contribution in [1.29, 1.82) is 0 Å².